The first-order chi connectivity index (χ1) is 7.59. The first-order valence-corrected chi connectivity index (χ1v) is 5.29. The minimum Gasteiger partial charge on any atom is -0.287 e. The molecule has 0 spiro atoms. The van der Waals surface area contributed by atoms with E-state index >= 15 is 0 Å². The van der Waals surface area contributed by atoms with Crippen molar-refractivity contribution >= 4 is 11.6 Å². The molecule has 4 heteroatoms. The van der Waals surface area contributed by atoms with Gasteiger partial charge in [0.05, 0.1) is 5.56 Å². The number of hydrogen-bond donors (Lipinski definition) is 1. The maximum Gasteiger partial charge on any atom is 0.211 e. The fourth-order valence-corrected chi connectivity index (χ4v) is 1.72. The number of H-pyrrole nitrogens is 1. The van der Waals surface area contributed by atoms with Gasteiger partial charge in [0.1, 0.15) is 5.69 Å². The van der Waals surface area contributed by atoms with E-state index < -0.39 is 0 Å². The molecule has 1 heterocycles. The molecular weight excluding hydrogens is 224 g/mol. The first-order valence-electron chi connectivity index (χ1n) is 4.91. The van der Waals surface area contributed by atoms with E-state index in [1.54, 1.807) is 19.1 Å². The number of aromatic nitrogens is 2. The van der Waals surface area contributed by atoms with Gasteiger partial charge in [0.2, 0.25) is 5.43 Å². The molecule has 0 amide bonds. The van der Waals surface area contributed by atoms with Crippen molar-refractivity contribution in [2.24, 2.45) is 0 Å². The zero-order valence-corrected chi connectivity index (χ0v) is 9.80. The molecule has 2 rings (SSSR count). The Morgan fingerprint density at radius 3 is 2.44 bits per heavy atom. The Balaban J connectivity index is 2.69. The van der Waals surface area contributed by atoms with E-state index in [1.807, 2.05) is 19.1 Å². The Morgan fingerprint density at radius 1 is 1.19 bits per heavy atom. The van der Waals surface area contributed by atoms with Gasteiger partial charge in [-0.1, -0.05) is 23.7 Å². The molecule has 3 nitrogen and oxygen atoms in total. The fourth-order valence-electron chi connectivity index (χ4n) is 1.59. The van der Waals surface area contributed by atoms with Crippen molar-refractivity contribution in [3.63, 3.8) is 0 Å². The average molecular weight is 235 g/mol. The van der Waals surface area contributed by atoms with Crippen molar-refractivity contribution in [3.8, 4) is 11.1 Å². The molecule has 2 aromatic rings. The summed E-state index contributed by atoms with van der Waals surface area (Å²) in [5, 5.41) is 7.41. The molecule has 0 aliphatic carbocycles. The molecule has 0 saturated carbocycles. The van der Waals surface area contributed by atoms with Crippen LogP contribution in [0.1, 0.15) is 11.4 Å². The molecular formula is C12H11ClN2O. The van der Waals surface area contributed by atoms with Gasteiger partial charge in [0.15, 0.2) is 0 Å². The predicted octanol–water partition coefficient (Wildman–Crippen LogP) is 2.71. The summed E-state index contributed by atoms with van der Waals surface area (Å²) in [7, 11) is 0. The van der Waals surface area contributed by atoms with Crippen LogP contribution in [0.15, 0.2) is 29.1 Å². The zero-order chi connectivity index (χ0) is 11.7. The second-order valence-corrected chi connectivity index (χ2v) is 4.08. The number of nitrogens with zero attached hydrogens (tertiary/aromatic N) is 1. The molecule has 0 bridgehead atoms. The van der Waals surface area contributed by atoms with Gasteiger partial charge in [-0.2, -0.15) is 5.10 Å². The van der Waals surface area contributed by atoms with Crippen molar-refractivity contribution in [2.45, 2.75) is 13.8 Å². The van der Waals surface area contributed by atoms with E-state index in [0.29, 0.717) is 16.3 Å². The third-order valence-corrected chi connectivity index (χ3v) is 2.71. The van der Waals surface area contributed by atoms with Gasteiger partial charge in [-0.25, -0.2) is 0 Å². The summed E-state index contributed by atoms with van der Waals surface area (Å²) in [6, 6.07) is 7.20. The normalized spacial score (nSPS) is 10.4. The fraction of sp³-hybridized carbons (Fsp3) is 0.167. The van der Waals surface area contributed by atoms with E-state index in [1.165, 1.54) is 0 Å². The molecule has 0 atom stereocenters. The largest absolute Gasteiger partial charge is 0.287 e. The van der Waals surface area contributed by atoms with E-state index in [-0.39, 0.29) is 5.43 Å². The molecule has 0 aliphatic heterocycles. The molecule has 82 valence electrons. The summed E-state index contributed by atoms with van der Waals surface area (Å²) in [5.74, 6) is 0. The third-order valence-electron chi connectivity index (χ3n) is 2.45. The highest BCUT2D eigenvalue weighted by Gasteiger charge is 2.09. The minimum absolute atomic E-state index is 0.0430. The van der Waals surface area contributed by atoms with E-state index in [2.05, 4.69) is 10.2 Å². The van der Waals surface area contributed by atoms with Crippen molar-refractivity contribution in [1.29, 1.82) is 0 Å². The van der Waals surface area contributed by atoms with Gasteiger partial charge in [0.25, 0.3) is 0 Å². The average Bonchev–Trinajstić information content (AvgIpc) is 2.27. The number of aromatic amines is 1. The van der Waals surface area contributed by atoms with Crippen LogP contribution >= 0.6 is 11.6 Å². The van der Waals surface area contributed by atoms with E-state index in [4.69, 9.17) is 11.6 Å². The smallest absolute Gasteiger partial charge is 0.211 e. The molecule has 16 heavy (non-hydrogen) atoms. The lowest BCUT2D eigenvalue weighted by atomic mass is 10.0. The minimum atomic E-state index is -0.0430. The summed E-state index contributed by atoms with van der Waals surface area (Å²) in [4.78, 5) is 12.0. The number of hydrogen-bond acceptors (Lipinski definition) is 2. The van der Waals surface area contributed by atoms with Crippen LogP contribution in [-0.2, 0) is 0 Å². The lowest BCUT2D eigenvalue weighted by molar-refractivity contribution is 0.929. The van der Waals surface area contributed by atoms with Gasteiger partial charge in [-0.3, -0.25) is 9.89 Å². The van der Waals surface area contributed by atoms with Crippen molar-refractivity contribution in [2.75, 3.05) is 0 Å². The Bertz CT molecular complexity index is 573. The molecule has 0 radical (unpaired) electrons. The molecule has 1 aromatic carbocycles. The highest BCUT2D eigenvalue weighted by Crippen LogP contribution is 2.20. The van der Waals surface area contributed by atoms with Crippen LogP contribution in [0.25, 0.3) is 11.1 Å². The Hall–Kier alpha value is -1.61. The molecule has 0 unspecified atom stereocenters. The van der Waals surface area contributed by atoms with Gasteiger partial charge in [0, 0.05) is 10.7 Å². The van der Waals surface area contributed by atoms with Crippen LogP contribution in [0, 0.1) is 13.8 Å². The summed E-state index contributed by atoms with van der Waals surface area (Å²) in [6.07, 6.45) is 0. The summed E-state index contributed by atoms with van der Waals surface area (Å²) < 4.78 is 0. The van der Waals surface area contributed by atoms with Crippen LogP contribution < -0.4 is 5.43 Å². The van der Waals surface area contributed by atoms with Gasteiger partial charge in [-0.15, -0.1) is 0 Å². The van der Waals surface area contributed by atoms with Crippen LogP contribution in [0.5, 0.6) is 0 Å². The summed E-state index contributed by atoms with van der Waals surface area (Å²) in [6.45, 7) is 3.52. The topological polar surface area (TPSA) is 45.8 Å². The van der Waals surface area contributed by atoms with Crippen LogP contribution in [0.3, 0.4) is 0 Å². The SMILES string of the molecule is Cc1[nH]nc(C)c(=O)c1-c1ccc(Cl)cc1. The molecule has 1 aromatic heterocycles. The summed E-state index contributed by atoms with van der Waals surface area (Å²) >= 11 is 5.81. The third kappa shape index (κ3) is 1.86. The number of aryl methyl sites for hydroxylation is 2. The predicted molar refractivity (Wildman–Crippen MR) is 64.8 cm³/mol. The highest BCUT2D eigenvalue weighted by molar-refractivity contribution is 6.30. The van der Waals surface area contributed by atoms with Crippen LogP contribution in [0.2, 0.25) is 5.02 Å². The van der Waals surface area contributed by atoms with Crippen molar-refractivity contribution < 1.29 is 0 Å². The first kappa shape index (κ1) is 10.9. The van der Waals surface area contributed by atoms with Crippen molar-refractivity contribution in [3.05, 3.63) is 50.9 Å². The maximum atomic E-state index is 12.0. The lowest BCUT2D eigenvalue weighted by Crippen LogP contribution is -2.14. The maximum absolute atomic E-state index is 12.0. The van der Waals surface area contributed by atoms with E-state index in [0.717, 1.165) is 11.3 Å². The van der Waals surface area contributed by atoms with Crippen LogP contribution in [0.4, 0.5) is 0 Å². The lowest BCUT2D eigenvalue weighted by Gasteiger charge is -2.05. The number of rotatable bonds is 1. The van der Waals surface area contributed by atoms with Gasteiger partial charge in [-0.05, 0) is 31.5 Å². The Labute approximate surface area is 98.1 Å². The number of benzene rings is 1. The van der Waals surface area contributed by atoms with Crippen molar-refractivity contribution in [1.82, 2.24) is 10.2 Å². The Morgan fingerprint density at radius 2 is 1.81 bits per heavy atom. The highest BCUT2D eigenvalue weighted by atomic mass is 35.5. The summed E-state index contributed by atoms with van der Waals surface area (Å²) in [5.41, 5.74) is 2.70. The quantitative estimate of drug-likeness (QED) is 0.825. The molecule has 0 saturated heterocycles. The molecule has 1 N–H and O–H groups in total. The Kier molecular flexibility index (Phi) is 2.79. The number of halogens is 1. The van der Waals surface area contributed by atoms with Gasteiger partial charge >= 0.3 is 0 Å². The zero-order valence-electron chi connectivity index (χ0n) is 9.04. The second-order valence-electron chi connectivity index (χ2n) is 3.65. The van der Waals surface area contributed by atoms with Gasteiger partial charge < -0.3 is 0 Å². The van der Waals surface area contributed by atoms with E-state index in [9.17, 15) is 4.79 Å². The molecule has 0 aliphatic rings. The second kappa shape index (κ2) is 4.10. The van der Waals surface area contributed by atoms with Crippen LogP contribution in [-0.4, -0.2) is 10.2 Å². The standard InChI is InChI=1S/C12H11ClN2O/c1-7-11(12(16)8(2)15-14-7)9-3-5-10(13)6-4-9/h3-6H,1-2H3,(H,14,16). The molecule has 0 fully saturated rings. The monoisotopic (exact) mass is 234 g/mol. The number of nitrogens with one attached hydrogen (secondary N) is 1.